The summed E-state index contributed by atoms with van der Waals surface area (Å²) >= 11 is 0. The van der Waals surface area contributed by atoms with Crippen molar-refractivity contribution in [3.8, 4) is 0 Å². The van der Waals surface area contributed by atoms with E-state index in [4.69, 9.17) is 0 Å². The minimum Gasteiger partial charge on any atom is -0.341 e. The molecule has 1 saturated heterocycles. The van der Waals surface area contributed by atoms with Gasteiger partial charge in [0, 0.05) is 44.6 Å². The number of aryl methyl sites for hydroxylation is 2. The molecule has 2 aromatic rings. The molecule has 0 N–H and O–H groups in total. The topological polar surface area (TPSA) is 56.0 Å². The van der Waals surface area contributed by atoms with Crippen LogP contribution in [0.1, 0.15) is 30.9 Å². The Balaban J connectivity index is 1.54. The highest BCUT2D eigenvalue weighted by molar-refractivity contribution is 5.76. The van der Waals surface area contributed by atoms with Crippen LogP contribution in [-0.4, -0.2) is 43.2 Å². The molecule has 0 unspecified atom stereocenters. The fourth-order valence-corrected chi connectivity index (χ4v) is 2.87. The maximum Gasteiger partial charge on any atom is 0.224 e. The average Bonchev–Trinajstić information content (AvgIpc) is 3.16. The van der Waals surface area contributed by atoms with Crippen LogP contribution in [0.3, 0.4) is 0 Å². The maximum absolute atomic E-state index is 12.4. The molecule has 0 bridgehead atoms. The van der Waals surface area contributed by atoms with Crippen LogP contribution < -0.4 is 0 Å². The number of piperidine rings is 1. The largest absolute Gasteiger partial charge is 0.341 e. The molecule has 6 nitrogen and oxygen atoms in total. The molecule has 1 amide bonds. The van der Waals surface area contributed by atoms with Gasteiger partial charge in [-0.15, -0.1) is 0 Å². The Morgan fingerprint density at radius 1 is 1.48 bits per heavy atom. The fourth-order valence-electron chi connectivity index (χ4n) is 2.87. The predicted octanol–water partition coefficient (Wildman–Crippen LogP) is 1.64. The first-order valence-electron chi connectivity index (χ1n) is 7.46. The Morgan fingerprint density at radius 2 is 2.38 bits per heavy atom. The zero-order chi connectivity index (χ0) is 14.7. The minimum atomic E-state index is 0.216. The third-order valence-electron chi connectivity index (χ3n) is 4.01. The molecule has 1 aliphatic rings. The van der Waals surface area contributed by atoms with Gasteiger partial charge in [0.25, 0.3) is 0 Å². The first-order chi connectivity index (χ1) is 10.2. The van der Waals surface area contributed by atoms with E-state index in [1.165, 1.54) is 0 Å². The van der Waals surface area contributed by atoms with Crippen molar-refractivity contribution in [1.82, 2.24) is 24.2 Å². The third-order valence-corrected chi connectivity index (χ3v) is 4.01. The van der Waals surface area contributed by atoms with Crippen LogP contribution in [0.2, 0.25) is 0 Å². The van der Waals surface area contributed by atoms with Gasteiger partial charge in [-0.05, 0) is 25.3 Å². The van der Waals surface area contributed by atoms with Gasteiger partial charge in [-0.3, -0.25) is 9.48 Å². The second-order valence-corrected chi connectivity index (χ2v) is 5.68. The van der Waals surface area contributed by atoms with Crippen molar-refractivity contribution in [2.75, 3.05) is 13.1 Å². The predicted molar refractivity (Wildman–Crippen MR) is 78.7 cm³/mol. The number of nitrogens with zero attached hydrogens (tertiary/aromatic N) is 5. The molecule has 112 valence electrons. The Labute approximate surface area is 124 Å². The van der Waals surface area contributed by atoms with E-state index in [9.17, 15) is 4.79 Å². The molecule has 0 spiro atoms. The SMILES string of the molecule is Cc1cnn(CCC(=O)N2CCC[C@H](n3ccnc3)C2)c1. The van der Waals surface area contributed by atoms with Crippen LogP contribution in [0.5, 0.6) is 0 Å². The van der Waals surface area contributed by atoms with Crippen molar-refractivity contribution in [2.24, 2.45) is 0 Å². The molecule has 3 rings (SSSR count). The Morgan fingerprint density at radius 3 is 3.10 bits per heavy atom. The van der Waals surface area contributed by atoms with Gasteiger partial charge in [0.15, 0.2) is 0 Å². The highest BCUT2D eigenvalue weighted by atomic mass is 16.2. The summed E-state index contributed by atoms with van der Waals surface area (Å²) in [7, 11) is 0. The van der Waals surface area contributed by atoms with Crippen LogP contribution >= 0.6 is 0 Å². The molecule has 3 heterocycles. The number of hydrogen-bond donors (Lipinski definition) is 0. The van der Waals surface area contributed by atoms with Crippen LogP contribution in [0, 0.1) is 6.92 Å². The van der Waals surface area contributed by atoms with Crippen molar-refractivity contribution in [1.29, 1.82) is 0 Å². The van der Waals surface area contributed by atoms with Gasteiger partial charge in [0.05, 0.1) is 18.6 Å². The minimum absolute atomic E-state index is 0.216. The van der Waals surface area contributed by atoms with E-state index in [0.29, 0.717) is 19.0 Å². The van der Waals surface area contributed by atoms with E-state index in [-0.39, 0.29) is 5.91 Å². The number of hydrogen-bond acceptors (Lipinski definition) is 3. The molecule has 2 aromatic heterocycles. The van der Waals surface area contributed by atoms with Gasteiger partial charge in [-0.25, -0.2) is 4.98 Å². The van der Waals surface area contributed by atoms with Crippen molar-refractivity contribution < 1.29 is 4.79 Å². The normalized spacial score (nSPS) is 18.9. The number of amides is 1. The number of likely N-dealkylation sites (tertiary alicyclic amines) is 1. The monoisotopic (exact) mass is 287 g/mol. The lowest BCUT2D eigenvalue weighted by Gasteiger charge is -2.33. The van der Waals surface area contributed by atoms with E-state index in [2.05, 4.69) is 14.6 Å². The standard InChI is InChI=1S/C15H21N5O/c1-13-9-17-20(10-13)7-4-15(21)18-6-2-3-14(11-18)19-8-5-16-12-19/h5,8-10,12,14H,2-4,6-7,11H2,1H3/t14-/m0/s1. The lowest BCUT2D eigenvalue weighted by molar-refractivity contribution is -0.133. The molecule has 0 aromatic carbocycles. The lowest BCUT2D eigenvalue weighted by Crippen LogP contribution is -2.40. The molecule has 0 aliphatic carbocycles. The molecule has 1 atom stereocenters. The maximum atomic E-state index is 12.4. The summed E-state index contributed by atoms with van der Waals surface area (Å²) in [5.74, 6) is 0.216. The van der Waals surface area contributed by atoms with E-state index in [0.717, 1.165) is 31.5 Å². The summed E-state index contributed by atoms with van der Waals surface area (Å²) in [6.07, 6.45) is 12.1. The second kappa shape index (κ2) is 6.11. The van der Waals surface area contributed by atoms with Crippen molar-refractivity contribution in [3.63, 3.8) is 0 Å². The van der Waals surface area contributed by atoms with Gasteiger partial charge < -0.3 is 9.47 Å². The van der Waals surface area contributed by atoms with Crippen molar-refractivity contribution in [3.05, 3.63) is 36.7 Å². The van der Waals surface area contributed by atoms with Crippen molar-refractivity contribution >= 4 is 5.91 Å². The molecule has 0 saturated carbocycles. The zero-order valence-corrected chi connectivity index (χ0v) is 12.4. The molecular weight excluding hydrogens is 266 g/mol. The summed E-state index contributed by atoms with van der Waals surface area (Å²) < 4.78 is 3.95. The van der Waals surface area contributed by atoms with Gasteiger partial charge in [0.1, 0.15) is 0 Å². The highest BCUT2D eigenvalue weighted by Gasteiger charge is 2.24. The fraction of sp³-hybridized carbons (Fsp3) is 0.533. The van der Waals surface area contributed by atoms with Gasteiger partial charge >= 0.3 is 0 Å². The summed E-state index contributed by atoms with van der Waals surface area (Å²) in [5.41, 5.74) is 1.13. The van der Waals surface area contributed by atoms with Crippen molar-refractivity contribution in [2.45, 2.75) is 38.8 Å². The Kier molecular flexibility index (Phi) is 4.03. The molecule has 1 aliphatic heterocycles. The van der Waals surface area contributed by atoms with E-state index < -0.39 is 0 Å². The zero-order valence-electron chi connectivity index (χ0n) is 12.4. The van der Waals surface area contributed by atoms with Crippen LogP contribution in [0.15, 0.2) is 31.1 Å². The number of imidazole rings is 1. The van der Waals surface area contributed by atoms with Crippen LogP contribution in [0.25, 0.3) is 0 Å². The lowest BCUT2D eigenvalue weighted by atomic mass is 10.1. The van der Waals surface area contributed by atoms with Gasteiger partial charge in [0.2, 0.25) is 5.91 Å². The third kappa shape index (κ3) is 3.32. The summed E-state index contributed by atoms with van der Waals surface area (Å²) in [5, 5.41) is 4.22. The van der Waals surface area contributed by atoms with Gasteiger partial charge in [-0.1, -0.05) is 0 Å². The average molecular weight is 287 g/mol. The quantitative estimate of drug-likeness (QED) is 0.859. The number of rotatable bonds is 4. The summed E-state index contributed by atoms with van der Waals surface area (Å²) in [6, 6.07) is 0.358. The first kappa shape index (κ1) is 13.9. The molecular formula is C15H21N5O. The Hall–Kier alpha value is -2.11. The summed E-state index contributed by atoms with van der Waals surface area (Å²) in [6.45, 7) is 4.31. The van der Waals surface area contributed by atoms with E-state index in [1.807, 2.05) is 41.4 Å². The van der Waals surface area contributed by atoms with E-state index >= 15 is 0 Å². The molecule has 6 heteroatoms. The van der Waals surface area contributed by atoms with E-state index in [1.54, 1.807) is 6.20 Å². The second-order valence-electron chi connectivity index (χ2n) is 5.68. The van der Waals surface area contributed by atoms with Gasteiger partial charge in [-0.2, -0.15) is 5.10 Å². The highest BCUT2D eigenvalue weighted by Crippen LogP contribution is 2.21. The Bertz CT molecular complexity index is 589. The molecule has 0 radical (unpaired) electrons. The number of aromatic nitrogens is 4. The van der Waals surface area contributed by atoms with Crippen LogP contribution in [0.4, 0.5) is 0 Å². The summed E-state index contributed by atoms with van der Waals surface area (Å²) in [4.78, 5) is 18.4. The molecule has 1 fully saturated rings. The first-order valence-corrected chi connectivity index (χ1v) is 7.46. The molecule has 21 heavy (non-hydrogen) atoms. The number of carbonyl (C=O) groups is 1. The van der Waals surface area contributed by atoms with Crippen LogP contribution in [-0.2, 0) is 11.3 Å². The smallest absolute Gasteiger partial charge is 0.224 e. The number of carbonyl (C=O) groups excluding carboxylic acids is 1.